The molecule has 0 aliphatic heterocycles. The van der Waals surface area contributed by atoms with Crippen molar-refractivity contribution in [3.05, 3.63) is 29.8 Å². The molecule has 1 rings (SSSR count). The van der Waals surface area contributed by atoms with Gasteiger partial charge in [-0.3, -0.25) is 4.79 Å². The zero-order valence-electron chi connectivity index (χ0n) is 12.0. The van der Waals surface area contributed by atoms with Gasteiger partial charge in [-0.15, -0.1) is 24.0 Å². The zero-order chi connectivity index (χ0) is 14.1. The molecule has 112 valence electrons. The number of nitrogens with two attached hydrogens (primary N) is 1. The van der Waals surface area contributed by atoms with Gasteiger partial charge in [0.1, 0.15) is 6.54 Å². The zero-order valence-corrected chi connectivity index (χ0v) is 14.3. The van der Waals surface area contributed by atoms with Gasteiger partial charge in [0, 0.05) is 12.2 Å². The van der Waals surface area contributed by atoms with Crippen LogP contribution in [0.5, 0.6) is 0 Å². The third-order valence-corrected chi connectivity index (χ3v) is 2.57. The van der Waals surface area contributed by atoms with Crippen molar-refractivity contribution in [1.82, 2.24) is 5.32 Å². The van der Waals surface area contributed by atoms with Crippen molar-refractivity contribution < 1.29 is 4.79 Å². The molecule has 1 aromatic rings. The van der Waals surface area contributed by atoms with E-state index in [4.69, 9.17) is 5.73 Å². The van der Waals surface area contributed by atoms with Gasteiger partial charge in [-0.1, -0.05) is 26.0 Å². The Morgan fingerprint density at radius 3 is 2.75 bits per heavy atom. The van der Waals surface area contributed by atoms with Crippen LogP contribution in [0, 0.1) is 0 Å². The van der Waals surface area contributed by atoms with Crippen molar-refractivity contribution in [3.8, 4) is 0 Å². The van der Waals surface area contributed by atoms with E-state index in [9.17, 15) is 4.79 Å². The van der Waals surface area contributed by atoms with Gasteiger partial charge in [-0.25, -0.2) is 4.99 Å². The van der Waals surface area contributed by atoms with Gasteiger partial charge < -0.3 is 16.4 Å². The number of hydrogen-bond acceptors (Lipinski definition) is 2. The molecule has 0 fully saturated rings. The van der Waals surface area contributed by atoms with E-state index in [2.05, 4.69) is 22.5 Å². The SMILES string of the molecule is CCCNC(N)=NCC(=O)Nc1cccc(CC)c1.I. The van der Waals surface area contributed by atoms with Crippen molar-refractivity contribution >= 4 is 41.5 Å². The maximum atomic E-state index is 11.7. The summed E-state index contributed by atoms with van der Waals surface area (Å²) in [6, 6.07) is 7.77. The maximum Gasteiger partial charge on any atom is 0.246 e. The number of anilines is 1. The van der Waals surface area contributed by atoms with E-state index >= 15 is 0 Å². The Balaban J connectivity index is 0.00000361. The van der Waals surface area contributed by atoms with Crippen LogP contribution in [0.2, 0.25) is 0 Å². The van der Waals surface area contributed by atoms with E-state index in [1.165, 1.54) is 5.56 Å². The van der Waals surface area contributed by atoms with Crippen LogP contribution in [0.4, 0.5) is 5.69 Å². The molecular weight excluding hydrogens is 367 g/mol. The van der Waals surface area contributed by atoms with Gasteiger partial charge in [0.15, 0.2) is 5.96 Å². The van der Waals surface area contributed by atoms with E-state index < -0.39 is 0 Å². The molecule has 0 saturated heterocycles. The average molecular weight is 390 g/mol. The summed E-state index contributed by atoms with van der Waals surface area (Å²) in [5, 5.41) is 5.72. The number of guanidine groups is 1. The predicted molar refractivity (Wildman–Crippen MR) is 94.6 cm³/mol. The van der Waals surface area contributed by atoms with Gasteiger partial charge >= 0.3 is 0 Å². The number of carbonyl (C=O) groups excluding carboxylic acids is 1. The third-order valence-electron chi connectivity index (χ3n) is 2.57. The fourth-order valence-electron chi connectivity index (χ4n) is 1.54. The predicted octanol–water partition coefficient (Wildman–Crippen LogP) is 2.12. The Labute approximate surface area is 137 Å². The lowest BCUT2D eigenvalue weighted by Crippen LogP contribution is -2.33. The smallest absolute Gasteiger partial charge is 0.246 e. The standard InChI is InChI=1S/C14H22N4O.HI/c1-3-8-16-14(15)17-10-13(19)18-12-7-5-6-11(4-2)9-12;/h5-7,9H,3-4,8,10H2,1-2H3,(H,18,19)(H3,15,16,17);1H. The lowest BCUT2D eigenvalue weighted by Gasteiger charge is -2.06. The number of hydrogen-bond donors (Lipinski definition) is 3. The molecule has 0 spiro atoms. The minimum atomic E-state index is -0.172. The van der Waals surface area contributed by atoms with Gasteiger partial charge in [0.05, 0.1) is 0 Å². The third kappa shape index (κ3) is 7.32. The minimum absolute atomic E-state index is 0. The normalized spacial score (nSPS) is 10.6. The van der Waals surface area contributed by atoms with Crippen molar-refractivity contribution in [2.45, 2.75) is 26.7 Å². The monoisotopic (exact) mass is 390 g/mol. The number of carbonyl (C=O) groups is 1. The van der Waals surface area contributed by atoms with Crippen molar-refractivity contribution in [2.75, 3.05) is 18.4 Å². The van der Waals surface area contributed by atoms with E-state index in [0.717, 1.165) is 25.1 Å². The van der Waals surface area contributed by atoms with Crippen LogP contribution in [0.3, 0.4) is 0 Å². The van der Waals surface area contributed by atoms with E-state index in [0.29, 0.717) is 5.96 Å². The molecule has 0 radical (unpaired) electrons. The fraction of sp³-hybridized carbons (Fsp3) is 0.429. The molecule has 20 heavy (non-hydrogen) atoms. The summed E-state index contributed by atoms with van der Waals surface area (Å²) in [6.07, 6.45) is 1.90. The average Bonchev–Trinajstić information content (AvgIpc) is 2.43. The molecule has 5 nitrogen and oxygen atoms in total. The Bertz CT molecular complexity index is 449. The molecule has 4 N–H and O–H groups in total. The quantitative estimate of drug-likeness (QED) is 0.396. The Morgan fingerprint density at radius 2 is 2.10 bits per heavy atom. The number of benzene rings is 1. The minimum Gasteiger partial charge on any atom is -0.370 e. The molecule has 1 aromatic carbocycles. The highest BCUT2D eigenvalue weighted by molar-refractivity contribution is 14.0. The Morgan fingerprint density at radius 1 is 1.35 bits per heavy atom. The summed E-state index contributed by atoms with van der Waals surface area (Å²) in [6.45, 7) is 4.90. The van der Waals surface area contributed by atoms with Crippen molar-refractivity contribution in [3.63, 3.8) is 0 Å². The number of aliphatic imine (C=N–C) groups is 1. The maximum absolute atomic E-state index is 11.7. The summed E-state index contributed by atoms with van der Waals surface area (Å²) in [5.74, 6) is 0.133. The van der Waals surface area contributed by atoms with Crippen molar-refractivity contribution in [2.24, 2.45) is 10.7 Å². The second-order valence-corrected chi connectivity index (χ2v) is 4.23. The summed E-state index contributed by atoms with van der Waals surface area (Å²) < 4.78 is 0. The first-order valence-electron chi connectivity index (χ1n) is 6.58. The van der Waals surface area contributed by atoms with Gasteiger partial charge in [-0.2, -0.15) is 0 Å². The van der Waals surface area contributed by atoms with Gasteiger partial charge in [-0.05, 0) is 30.5 Å². The Hall–Kier alpha value is -1.31. The first-order chi connectivity index (χ1) is 9.15. The van der Waals surface area contributed by atoms with Crippen LogP contribution in [0.1, 0.15) is 25.8 Å². The van der Waals surface area contributed by atoms with Crippen LogP contribution >= 0.6 is 24.0 Å². The molecule has 0 atom stereocenters. The van der Waals surface area contributed by atoms with Gasteiger partial charge in [0.2, 0.25) is 5.91 Å². The number of halogens is 1. The second-order valence-electron chi connectivity index (χ2n) is 4.23. The first-order valence-corrected chi connectivity index (χ1v) is 6.58. The van der Waals surface area contributed by atoms with Crippen LogP contribution in [-0.4, -0.2) is 25.0 Å². The summed E-state index contributed by atoms with van der Waals surface area (Å²) in [7, 11) is 0. The summed E-state index contributed by atoms with van der Waals surface area (Å²) >= 11 is 0. The van der Waals surface area contributed by atoms with Crippen LogP contribution < -0.4 is 16.4 Å². The van der Waals surface area contributed by atoms with Crippen LogP contribution in [-0.2, 0) is 11.2 Å². The van der Waals surface area contributed by atoms with Crippen molar-refractivity contribution in [1.29, 1.82) is 0 Å². The molecule has 6 heteroatoms. The summed E-state index contributed by atoms with van der Waals surface area (Å²) in [4.78, 5) is 15.7. The number of nitrogens with zero attached hydrogens (tertiary/aromatic N) is 1. The van der Waals surface area contributed by atoms with E-state index in [-0.39, 0.29) is 36.4 Å². The highest BCUT2D eigenvalue weighted by Gasteiger charge is 2.02. The molecule has 1 amide bonds. The Kier molecular flexibility index (Phi) is 9.79. The topological polar surface area (TPSA) is 79.5 Å². The number of nitrogens with one attached hydrogen (secondary N) is 2. The lowest BCUT2D eigenvalue weighted by atomic mass is 10.1. The lowest BCUT2D eigenvalue weighted by molar-refractivity contribution is -0.114. The number of amides is 1. The summed E-state index contributed by atoms with van der Waals surface area (Å²) in [5.41, 5.74) is 7.58. The molecule has 0 heterocycles. The van der Waals surface area contributed by atoms with Crippen LogP contribution in [0.15, 0.2) is 29.3 Å². The fourth-order valence-corrected chi connectivity index (χ4v) is 1.54. The van der Waals surface area contributed by atoms with E-state index in [1.54, 1.807) is 0 Å². The molecule has 0 bridgehead atoms. The first kappa shape index (κ1) is 18.7. The highest BCUT2D eigenvalue weighted by Crippen LogP contribution is 2.10. The largest absolute Gasteiger partial charge is 0.370 e. The van der Waals surface area contributed by atoms with E-state index in [1.807, 2.05) is 31.2 Å². The highest BCUT2D eigenvalue weighted by atomic mass is 127. The second kappa shape index (κ2) is 10.5. The number of rotatable bonds is 6. The molecule has 0 aliphatic rings. The van der Waals surface area contributed by atoms with Crippen LogP contribution in [0.25, 0.3) is 0 Å². The molecule has 0 aromatic heterocycles. The molecular formula is C14H23IN4O. The molecule has 0 aliphatic carbocycles. The number of aryl methyl sites for hydroxylation is 1. The molecule has 0 saturated carbocycles. The van der Waals surface area contributed by atoms with Gasteiger partial charge in [0.25, 0.3) is 0 Å². The molecule has 0 unspecified atom stereocenters.